The molecule has 0 heterocycles. The molecule has 1 unspecified atom stereocenters. The van der Waals surface area contributed by atoms with E-state index < -0.39 is 0 Å². The van der Waals surface area contributed by atoms with Gasteiger partial charge in [-0.1, -0.05) is 6.92 Å². The molecule has 0 rings (SSSR count). The van der Waals surface area contributed by atoms with Gasteiger partial charge in [-0.15, -0.1) is 0 Å². The summed E-state index contributed by atoms with van der Waals surface area (Å²) in [4.78, 5) is 9.68. The van der Waals surface area contributed by atoms with Gasteiger partial charge in [0.15, 0.2) is 0 Å². The molecule has 58 valence electrons. The second-order valence-corrected chi connectivity index (χ2v) is 2.04. The fourth-order valence-corrected chi connectivity index (χ4v) is 0.505. The van der Waals surface area contributed by atoms with E-state index in [-0.39, 0.29) is 6.10 Å². The van der Waals surface area contributed by atoms with Crippen LogP contribution in [0.15, 0.2) is 0 Å². The zero-order valence-electron chi connectivity index (χ0n) is 6.39. The normalized spacial score (nSPS) is 12.6. The first-order valence-electron chi connectivity index (χ1n) is 3.30. The second-order valence-electron chi connectivity index (χ2n) is 2.04. The summed E-state index contributed by atoms with van der Waals surface area (Å²) in [6, 6.07) is 0. The maximum Gasteiger partial charge on any atom is 0.309 e. The first-order chi connectivity index (χ1) is 4.81. The maximum atomic E-state index is 9.68. The minimum Gasteiger partial charge on any atom is -0.376 e. The Morgan fingerprint density at radius 3 is 3.00 bits per heavy atom. The Balaban J connectivity index is 3.07. The number of rotatable bonds is 6. The van der Waals surface area contributed by atoms with Crippen molar-refractivity contribution in [2.24, 2.45) is 0 Å². The Hall–Kier alpha value is -0.570. The first kappa shape index (κ1) is 9.43. The number of hydrogen-bond donors (Lipinski definition) is 1. The molecule has 0 bridgehead atoms. The molecule has 1 N–H and O–H groups in total. The fourth-order valence-electron chi connectivity index (χ4n) is 0.505. The van der Waals surface area contributed by atoms with Crippen molar-refractivity contribution in [1.82, 2.24) is 5.32 Å². The summed E-state index contributed by atoms with van der Waals surface area (Å²) in [5.74, 6) is 0. The van der Waals surface area contributed by atoms with Gasteiger partial charge in [0.2, 0.25) is 0 Å². The van der Waals surface area contributed by atoms with Gasteiger partial charge in [-0.3, -0.25) is 4.79 Å². The van der Waals surface area contributed by atoms with Gasteiger partial charge < -0.3 is 10.1 Å². The zero-order valence-corrected chi connectivity index (χ0v) is 6.39. The highest BCUT2D eigenvalue weighted by Gasteiger charge is 1.98. The van der Waals surface area contributed by atoms with Crippen LogP contribution in [0.2, 0.25) is 0 Å². The average molecular weight is 143 g/mol. The van der Waals surface area contributed by atoms with Crippen LogP contribution < -0.4 is 5.32 Å². The third-order valence-corrected chi connectivity index (χ3v) is 1.01. The van der Waals surface area contributed by atoms with Gasteiger partial charge in [-0.2, -0.15) is 0 Å². The Morgan fingerprint density at radius 1 is 1.80 bits per heavy atom. The minimum absolute atomic E-state index is 0.0673. The molecule has 3 heteroatoms. The van der Waals surface area contributed by atoms with E-state index in [0.717, 1.165) is 0 Å². The molecule has 0 saturated heterocycles. The van der Waals surface area contributed by atoms with E-state index in [0.29, 0.717) is 13.2 Å². The maximum absolute atomic E-state index is 9.68. The summed E-state index contributed by atoms with van der Waals surface area (Å²) in [6.07, 6.45) is 3.57. The predicted molar refractivity (Wildman–Crippen MR) is 39.1 cm³/mol. The summed E-state index contributed by atoms with van der Waals surface area (Å²) in [6.45, 7) is 4.97. The highest BCUT2D eigenvalue weighted by Crippen LogP contribution is 1.88. The average Bonchev–Trinajstić information content (AvgIpc) is 1.97. The molecule has 0 aliphatic heterocycles. The smallest absolute Gasteiger partial charge is 0.309 e. The van der Waals surface area contributed by atoms with Gasteiger partial charge in [0.1, 0.15) is 0 Å². The van der Waals surface area contributed by atoms with Crippen LogP contribution in [0.4, 0.5) is 0 Å². The molecule has 0 spiro atoms. The largest absolute Gasteiger partial charge is 0.376 e. The molecule has 2 radical (unpaired) electrons. The van der Waals surface area contributed by atoms with E-state index >= 15 is 0 Å². The summed E-state index contributed by atoms with van der Waals surface area (Å²) < 4.78 is 5.20. The molecule has 1 amide bonds. The molecular formula is C7H13NO2. The number of carbonyl (C=O) groups excluding carboxylic acids is 1. The molecule has 0 aromatic heterocycles. The lowest BCUT2D eigenvalue weighted by molar-refractivity contribution is 0.0848. The highest BCUT2D eigenvalue weighted by atomic mass is 16.5. The summed E-state index contributed by atoms with van der Waals surface area (Å²) in [5, 5.41) is 2.41. The lowest BCUT2D eigenvalue weighted by Crippen LogP contribution is -2.25. The number of ether oxygens (including phenoxy) is 1. The summed E-state index contributed by atoms with van der Waals surface area (Å²) >= 11 is 0. The van der Waals surface area contributed by atoms with Crippen molar-refractivity contribution in [2.75, 3.05) is 13.2 Å². The van der Waals surface area contributed by atoms with Crippen molar-refractivity contribution in [3.63, 3.8) is 0 Å². The van der Waals surface area contributed by atoms with Crippen LogP contribution in [0.25, 0.3) is 0 Å². The lowest BCUT2D eigenvalue weighted by Gasteiger charge is -2.09. The Bertz CT molecular complexity index is 85.7. The van der Waals surface area contributed by atoms with Crippen LogP contribution in [-0.2, 0) is 9.53 Å². The molecule has 0 aliphatic carbocycles. The second kappa shape index (κ2) is 6.55. The first-order valence-corrected chi connectivity index (χ1v) is 3.30. The monoisotopic (exact) mass is 143 g/mol. The van der Waals surface area contributed by atoms with E-state index in [1.54, 1.807) is 6.41 Å². The van der Waals surface area contributed by atoms with Crippen molar-refractivity contribution in [2.45, 2.75) is 20.0 Å². The van der Waals surface area contributed by atoms with Crippen molar-refractivity contribution in [3.8, 4) is 0 Å². The van der Waals surface area contributed by atoms with E-state index in [1.165, 1.54) is 0 Å². The van der Waals surface area contributed by atoms with Crippen LogP contribution in [0, 0.1) is 6.42 Å². The minimum atomic E-state index is 0.0673. The quantitative estimate of drug-likeness (QED) is 0.542. The van der Waals surface area contributed by atoms with Crippen LogP contribution in [0.3, 0.4) is 0 Å². The van der Waals surface area contributed by atoms with Crippen LogP contribution in [0.1, 0.15) is 13.8 Å². The van der Waals surface area contributed by atoms with Crippen molar-refractivity contribution < 1.29 is 9.53 Å². The van der Waals surface area contributed by atoms with Gasteiger partial charge in [-0.05, 0) is 13.3 Å². The van der Waals surface area contributed by atoms with Crippen molar-refractivity contribution >= 4 is 6.41 Å². The molecule has 0 fully saturated rings. The fraction of sp³-hybridized carbons (Fsp3) is 0.714. The SMILES string of the molecule is C[CH]COC(C)CN[C]=O. The van der Waals surface area contributed by atoms with Gasteiger partial charge in [0.05, 0.1) is 6.10 Å². The lowest BCUT2D eigenvalue weighted by atomic mass is 10.4. The van der Waals surface area contributed by atoms with Crippen LogP contribution in [0.5, 0.6) is 0 Å². The molecule has 0 aromatic rings. The van der Waals surface area contributed by atoms with Gasteiger partial charge in [-0.25, -0.2) is 0 Å². The zero-order chi connectivity index (χ0) is 7.82. The number of hydrogen-bond acceptors (Lipinski definition) is 2. The van der Waals surface area contributed by atoms with E-state index in [2.05, 4.69) is 5.32 Å². The Labute approximate surface area is 61.8 Å². The van der Waals surface area contributed by atoms with Crippen molar-refractivity contribution in [3.05, 3.63) is 6.42 Å². The van der Waals surface area contributed by atoms with Gasteiger partial charge in [0, 0.05) is 13.2 Å². The standard InChI is InChI=1S/C7H13NO2/c1-3-4-10-7(2)5-8-6-9/h3,7H,4-5H2,1-2H3,(H,8,9). The molecule has 0 aliphatic rings. The molecular weight excluding hydrogens is 130 g/mol. The summed E-state index contributed by atoms with van der Waals surface area (Å²) in [7, 11) is 0. The van der Waals surface area contributed by atoms with Crippen LogP contribution in [-0.4, -0.2) is 25.7 Å². The molecule has 0 aromatic carbocycles. The highest BCUT2D eigenvalue weighted by molar-refractivity contribution is 5.46. The summed E-state index contributed by atoms with van der Waals surface area (Å²) in [5.41, 5.74) is 0. The molecule has 10 heavy (non-hydrogen) atoms. The molecule has 1 atom stereocenters. The Morgan fingerprint density at radius 2 is 2.50 bits per heavy atom. The third kappa shape index (κ3) is 5.56. The van der Waals surface area contributed by atoms with E-state index in [9.17, 15) is 4.79 Å². The molecule has 0 saturated carbocycles. The van der Waals surface area contributed by atoms with Crippen molar-refractivity contribution in [1.29, 1.82) is 0 Å². The van der Waals surface area contributed by atoms with Gasteiger partial charge in [0.25, 0.3) is 0 Å². The van der Waals surface area contributed by atoms with Crippen LogP contribution >= 0.6 is 0 Å². The number of nitrogens with one attached hydrogen (secondary N) is 1. The van der Waals surface area contributed by atoms with Gasteiger partial charge >= 0.3 is 6.41 Å². The third-order valence-electron chi connectivity index (χ3n) is 1.01. The molecule has 3 nitrogen and oxygen atoms in total. The van der Waals surface area contributed by atoms with E-state index in [4.69, 9.17) is 4.74 Å². The topological polar surface area (TPSA) is 38.3 Å². The number of amides is 1. The van der Waals surface area contributed by atoms with E-state index in [1.807, 2.05) is 20.3 Å². The predicted octanol–water partition coefficient (Wildman–Crippen LogP) is 0.272. The Kier molecular flexibility index (Phi) is 6.18.